The van der Waals surface area contributed by atoms with E-state index in [2.05, 4.69) is 0 Å². The summed E-state index contributed by atoms with van der Waals surface area (Å²) in [6.45, 7) is 7.57. The maximum atomic E-state index is 11.6. The summed E-state index contributed by atoms with van der Waals surface area (Å²) in [4.78, 5) is 0. The van der Waals surface area contributed by atoms with Crippen molar-refractivity contribution in [3.05, 3.63) is 0 Å². The monoisotopic (exact) mass is 220 g/mol. The van der Waals surface area contributed by atoms with E-state index in [0.29, 0.717) is 0 Å². The summed E-state index contributed by atoms with van der Waals surface area (Å²) in [6.07, 6.45) is 1.55. The minimum atomic E-state index is -2.91. The van der Waals surface area contributed by atoms with Crippen molar-refractivity contribution in [1.29, 1.82) is 0 Å². The molecule has 14 heavy (non-hydrogen) atoms. The zero-order chi connectivity index (χ0) is 11.0. The summed E-state index contributed by atoms with van der Waals surface area (Å²) in [5.74, 6) is 0.224. The molecule has 1 aliphatic carbocycles. The van der Waals surface area contributed by atoms with E-state index in [0.717, 1.165) is 12.8 Å². The molecule has 2 atom stereocenters. The first-order valence-corrected chi connectivity index (χ1v) is 6.87. The molecule has 0 spiro atoms. The quantitative estimate of drug-likeness (QED) is 0.728. The minimum Gasteiger partial charge on any atom is -0.371 e. The van der Waals surface area contributed by atoms with Crippen LogP contribution in [-0.2, 0) is 14.6 Å². The second-order valence-electron chi connectivity index (χ2n) is 4.84. The van der Waals surface area contributed by atoms with E-state index >= 15 is 0 Å². The summed E-state index contributed by atoms with van der Waals surface area (Å²) in [5.41, 5.74) is -0.243. The molecule has 0 heterocycles. The van der Waals surface area contributed by atoms with Crippen molar-refractivity contribution in [2.45, 2.75) is 57.5 Å². The second-order valence-corrected chi connectivity index (χ2v) is 7.34. The lowest BCUT2D eigenvalue weighted by Crippen LogP contribution is -2.48. The van der Waals surface area contributed by atoms with Gasteiger partial charge < -0.3 is 4.74 Å². The van der Waals surface area contributed by atoms with Crippen LogP contribution in [0.3, 0.4) is 0 Å². The van der Waals surface area contributed by atoms with Crippen LogP contribution < -0.4 is 0 Å². The summed E-state index contributed by atoms with van der Waals surface area (Å²) in [7, 11) is -2.91. The standard InChI is InChI=1S/C10H20O3S/c1-5-14(11,12)9-7-6-8(9)13-10(2,3)4/h8-9H,5-7H2,1-4H3/t8-,9+/m1/s1. The molecule has 0 unspecified atom stereocenters. The van der Waals surface area contributed by atoms with Gasteiger partial charge in [0.2, 0.25) is 0 Å². The Morgan fingerprint density at radius 3 is 2.14 bits per heavy atom. The molecule has 0 bridgehead atoms. The molecule has 0 aromatic heterocycles. The average Bonchev–Trinajstić information content (AvgIpc) is 1.96. The first kappa shape index (κ1) is 12.0. The van der Waals surface area contributed by atoms with Crippen molar-refractivity contribution >= 4 is 9.84 Å². The molecule has 3 nitrogen and oxygen atoms in total. The van der Waals surface area contributed by atoms with Crippen LogP contribution >= 0.6 is 0 Å². The van der Waals surface area contributed by atoms with Crippen LogP contribution in [0.1, 0.15) is 40.5 Å². The molecule has 84 valence electrons. The first-order chi connectivity index (χ1) is 6.26. The Morgan fingerprint density at radius 2 is 1.86 bits per heavy atom. The SMILES string of the molecule is CCS(=O)(=O)[C@H]1CC[C@H]1OC(C)(C)C. The molecule has 0 radical (unpaired) electrons. The highest BCUT2D eigenvalue weighted by Gasteiger charge is 2.42. The van der Waals surface area contributed by atoms with Gasteiger partial charge >= 0.3 is 0 Å². The van der Waals surface area contributed by atoms with Crippen molar-refractivity contribution in [3.63, 3.8) is 0 Å². The fraction of sp³-hybridized carbons (Fsp3) is 1.00. The highest BCUT2D eigenvalue weighted by atomic mass is 32.2. The van der Waals surface area contributed by atoms with Crippen LogP contribution in [0.25, 0.3) is 0 Å². The number of sulfone groups is 1. The molecule has 0 N–H and O–H groups in total. The molecule has 0 aliphatic heterocycles. The van der Waals surface area contributed by atoms with E-state index < -0.39 is 9.84 Å². The van der Waals surface area contributed by atoms with Crippen molar-refractivity contribution in [2.24, 2.45) is 0 Å². The molecule has 1 fully saturated rings. The zero-order valence-corrected chi connectivity index (χ0v) is 10.2. The summed E-state index contributed by atoms with van der Waals surface area (Å²) < 4.78 is 28.9. The molecule has 1 aliphatic rings. The Balaban J connectivity index is 2.60. The van der Waals surface area contributed by atoms with Crippen LogP contribution in [0.5, 0.6) is 0 Å². The van der Waals surface area contributed by atoms with Gasteiger partial charge in [0.25, 0.3) is 0 Å². The predicted octanol–water partition coefficient (Wildman–Crippen LogP) is 1.77. The number of hydrogen-bond acceptors (Lipinski definition) is 3. The average molecular weight is 220 g/mol. The Kier molecular flexibility index (Phi) is 3.26. The molecular formula is C10H20O3S. The second kappa shape index (κ2) is 3.81. The van der Waals surface area contributed by atoms with Crippen LogP contribution in [0.15, 0.2) is 0 Å². The lowest BCUT2D eigenvalue weighted by molar-refractivity contribution is -0.0888. The number of rotatable bonds is 3. The van der Waals surface area contributed by atoms with Gasteiger partial charge in [-0.2, -0.15) is 0 Å². The van der Waals surface area contributed by atoms with E-state index in [-0.39, 0.29) is 22.7 Å². The number of ether oxygens (including phenoxy) is 1. The fourth-order valence-electron chi connectivity index (χ4n) is 1.65. The highest BCUT2D eigenvalue weighted by molar-refractivity contribution is 7.92. The van der Waals surface area contributed by atoms with Gasteiger partial charge in [-0.15, -0.1) is 0 Å². The van der Waals surface area contributed by atoms with Gasteiger partial charge in [0.1, 0.15) is 0 Å². The molecular weight excluding hydrogens is 200 g/mol. The van der Waals surface area contributed by atoms with Crippen LogP contribution in [0.4, 0.5) is 0 Å². The van der Waals surface area contributed by atoms with Crippen LogP contribution in [0, 0.1) is 0 Å². The largest absolute Gasteiger partial charge is 0.371 e. The Labute approximate surface area is 86.8 Å². The summed E-state index contributed by atoms with van der Waals surface area (Å²) in [6, 6.07) is 0. The van der Waals surface area contributed by atoms with Gasteiger partial charge in [-0.05, 0) is 33.6 Å². The Hall–Kier alpha value is -0.0900. The lowest BCUT2D eigenvalue weighted by Gasteiger charge is -2.39. The molecule has 0 aromatic carbocycles. The predicted molar refractivity (Wildman–Crippen MR) is 57.1 cm³/mol. The molecule has 4 heteroatoms. The highest BCUT2D eigenvalue weighted by Crippen LogP contribution is 2.33. The maximum Gasteiger partial charge on any atom is 0.155 e. The van der Waals surface area contributed by atoms with Crippen molar-refractivity contribution < 1.29 is 13.2 Å². The summed E-state index contributed by atoms with van der Waals surface area (Å²) >= 11 is 0. The molecule has 0 saturated heterocycles. The normalized spacial score (nSPS) is 28.6. The van der Waals surface area contributed by atoms with E-state index in [1.54, 1.807) is 6.92 Å². The third-order valence-electron chi connectivity index (χ3n) is 2.52. The summed E-state index contributed by atoms with van der Waals surface area (Å²) in [5, 5.41) is -0.258. The Morgan fingerprint density at radius 1 is 1.29 bits per heavy atom. The van der Waals surface area contributed by atoms with Gasteiger partial charge in [0, 0.05) is 5.75 Å². The zero-order valence-electron chi connectivity index (χ0n) is 9.41. The van der Waals surface area contributed by atoms with E-state index in [1.165, 1.54) is 0 Å². The van der Waals surface area contributed by atoms with Gasteiger partial charge in [-0.1, -0.05) is 6.92 Å². The van der Waals surface area contributed by atoms with Crippen molar-refractivity contribution in [2.75, 3.05) is 5.75 Å². The molecule has 1 saturated carbocycles. The van der Waals surface area contributed by atoms with Crippen LogP contribution in [0.2, 0.25) is 0 Å². The maximum absolute atomic E-state index is 11.6. The van der Waals surface area contributed by atoms with Crippen molar-refractivity contribution in [3.8, 4) is 0 Å². The number of hydrogen-bond donors (Lipinski definition) is 0. The van der Waals surface area contributed by atoms with Gasteiger partial charge in [-0.3, -0.25) is 0 Å². The van der Waals surface area contributed by atoms with E-state index in [4.69, 9.17) is 4.74 Å². The Bertz CT molecular complexity index is 287. The van der Waals surface area contributed by atoms with E-state index in [1.807, 2.05) is 20.8 Å². The van der Waals surface area contributed by atoms with Gasteiger partial charge in [-0.25, -0.2) is 8.42 Å². The first-order valence-electron chi connectivity index (χ1n) is 5.15. The van der Waals surface area contributed by atoms with Gasteiger partial charge in [0.15, 0.2) is 9.84 Å². The third-order valence-corrected chi connectivity index (χ3v) is 4.79. The molecule has 1 rings (SSSR count). The topological polar surface area (TPSA) is 43.4 Å². The molecule has 0 amide bonds. The van der Waals surface area contributed by atoms with Gasteiger partial charge in [0.05, 0.1) is 17.0 Å². The molecule has 0 aromatic rings. The lowest BCUT2D eigenvalue weighted by atomic mass is 9.94. The minimum absolute atomic E-state index is 0.0834. The third kappa shape index (κ3) is 2.70. The van der Waals surface area contributed by atoms with E-state index in [9.17, 15) is 8.42 Å². The smallest absolute Gasteiger partial charge is 0.155 e. The van der Waals surface area contributed by atoms with Crippen LogP contribution in [-0.4, -0.2) is 31.1 Å². The fourth-order valence-corrected chi connectivity index (χ4v) is 3.23. The van der Waals surface area contributed by atoms with Crippen molar-refractivity contribution in [1.82, 2.24) is 0 Å².